The smallest absolute Gasteiger partial charge is 0.327 e. The average Bonchev–Trinajstić information content (AvgIpc) is 2.47. The minimum Gasteiger partial charge on any atom is -0.468 e. The van der Waals surface area contributed by atoms with Crippen molar-refractivity contribution < 1.29 is 19.2 Å². The van der Waals surface area contributed by atoms with E-state index in [9.17, 15) is 19.7 Å². The molecule has 0 saturated carbocycles. The predicted octanol–water partition coefficient (Wildman–Crippen LogP) is 1.52. The number of ether oxygens (including phenoxy) is 1. The van der Waals surface area contributed by atoms with Crippen LogP contribution >= 0.6 is 0 Å². The normalized spacial score (nSPS) is 11.0. The minimum atomic E-state index is -1.46. The zero-order valence-corrected chi connectivity index (χ0v) is 12.0. The Kier molecular flexibility index (Phi) is 5.83. The van der Waals surface area contributed by atoms with E-state index >= 15 is 0 Å². The maximum Gasteiger partial charge on any atom is 0.327 e. The van der Waals surface area contributed by atoms with E-state index < -0.39 is 28.5 Å². The molecule has 1 atom stereocenters. The van der Waals surface area contributed by atoms with Gasteiger partial charge in [0.1, 0.15) is 5.69 Å². The van der Waals surface area contributed by atoms with Crippen LogP contribution in [0.2, 0.25) is 0 Å². The summed E-state index contributed by atoms with van der Waals surface area (Å²) >= 11 is 0. The molecule has 1 unspecified atom stereocenters. The SMILES string of the molecule is CCNC(=O)Nc1cccc(C(C#N)C(=O)OC)c1[N+](=O)[O-]. The Hall–Kier alpha value is -3.15. The van der Waals surface area contributed by atoms with E-state index in [1.807, 2.05) is 0 Å². The maximum absolute atomic E-state index is 11.6. The predicted molar refractivity (Wildman–Crippen MR) is 76.2 cm³/mol. The molecule has 0 aliphatic heterocycles. The average molecular weight is 306 g/mol. The van der Waals surface area contributed by atoms with Gasteiger partial charge in [0.2, 0.25) is 0 Å². The lowest BCUT2D eigenvalue weighted by Crippen LogP contribution is -2.28. The van der Waals surface area contributed by atoms with Crippen LogP contribution in [0.1, 0.15) is 18.4 Å². The van der Waals surface area contributed by atoms with Gasteiger partial charge in [0, 0.05) is 6.54 Å². The zero-order valence-electron chi connectivity index (χ0n) is 12.0. The van der Waals surface area contributed by atoms with Crippen molar-refractivity contribution in [2.24, 2.45) is 0 Å². The number of nitro benzene ring substituents is 1. The standard InChI is InChI=1S/C13H14N4O5/c1-3-15-13(19)16-10-6-4-5-8(11(10)17(20)21)9(7-14)12(18)22-2/h4-6,9H,3H2,1-2H3,(H2,15,16,19). The van der Waals surface area contributed by atoms with Crippen molar-refractivity contribution in [2.45, 2.75) is 12.8 Å². The largest absolute Gasteiger partial charge is 0.468 e. The number of esters is 1. The molecule has 22 heavy (non-hydrogen) atoms. The van der Waals surface area contributed by atoms with Crippen molar-refractivity contribution in [1.82, 2.24) is 5.32 Å². The Morgan fingerprint density at radius 1 is 1.50 bits per heavy atom. The molecule has 0 radical (unpaired) electrons. The highest BCUT2D eigenvalue weighted by Crippen LogP contribution is 2.34. The number of carbonyl (C=O) groups excluding carboxylic acids is 2. The highest BCUT2D eigenvalue weighted by atomic mass is 16.6. The summed E-state index contributed by atoms with van der Waals surface area (Å²) < 4.78 is 4.47. The van der Waals surface area contributed by atoms with Crippen molar-refractivity contribution in [2.75, 3.05) is 19.0 Å². The molecule has 0 fully saturated rings. The van der Waals surface area contributed by atoms with Crippen LogP contribution in [0.15, 0.2) is 18.2 Å². The molecule has 116 valence electrons. The Morgan fingerprint density at radius 2 is 2.18 bits per heavy atom. The van der Waals surface area contributed by atoms with Crippen molar-refractivity contribution >= 4 is 23.4 Å². The number of nitro groups is 1. The summed E-state index contributed by atoms with van der Waals surface area (Å²) in [6.45, 7) is 2.02. The fraction of sp³-hybridized carbons (Fsp3) is 0.308. The fourth-order valence-electron chi connectivity index (χ4n) is 1.79. The molecule has 0 saturated heterocycles. The summed E-state index contributed by atoms with van der Waals surface area (Å²) in [5, 5.41) is 25.1. The molecule has 1 aromatic rings. The molecule has 0 aromatic heterocycles. The molecule has 1 aromatic carbocycles. The number of nitrogens with one attached hydrogen (secondary N) is 2. The van der Waals surface area contributed by atoms with Gasteiger partial charge in [0.25, 0.3) is 5.69 Å². The van der Waals surface area contributed by atoms with E-state index in [-0.39, 0.29) is 11.3 Å². The molecule has 2 N–H and O–H groups in total. The van der Waals surface area contributed by atoms with Crippen molar-refractivity contribution in [3.8, 4) is 6.07 Å². The van der Waals surface area contributed by atoms with Gasteiger partial charge in [-0.25, -0.2) is 4.79 Å². The second-order valence-corrected chi connectivity index (χ2v) is 4.07. The number of amides is 2. The van der Waals surface area contributed by atoms with Gasteiger partial charge in [-0.05, 0) is 13.0 Å². The molecule has 0 aliphatic rings. The zero-order chi connectivity index (χ0) is 16.7. The second-order valence-electron chi connectivity index (χ2n) is 4.07. The summed E-state index contributed by atoms with van der Waals surface area (Å²) in [4.78, 5) is 33.6. The van der Waals surface area contributed by atoms with E-state index in [1.54, 1.807) is 13.0 Å². The van der Waals surface area contributed by atoms with Gasteiger partial charge in [-0.15, -0.1) is 0 Å². The van der Waals surface area contributed by atoms with Crippen LogP contribution in [-0.4, -0.2) is 30.6 Å². The van der Waals surface area contributed by atoms with Gasteiger partial charge >= 0.3 is 12.0 Å². The Morgan fingerprint density at radius 3 is 2.68 bits per heavy atom. The quantitative estimate of drug-likeness (QED) is 0.481. The Balaban J connectivity index is 3.35. The number of urea groups is 1. The maximum atomic E-state index is 11.6. The van der Waals surface area contributed by atoms with E-state index in [2.05, 4.69) is 15.4 Å². The van der Waals surface area contributed by atoms with E-state index in [1.165, 1.54) is 18.2 Å². The van der Waals surface area contributed by atoms with E-state index in [0.29, 0.717) is 6.54 Å². The minimum absolute atomic E-state index is 0.113. The molecular formula is C13H14N4O5. The van der Waals surface area contributed by atoms with Gasteiger partial charge in [-0.3, -0.25) is 14.9 Å². The number of benzene rings is 1. The number of nitriles is 1. The van der Waals surface area contributed by atoms with Crippen LogP contribution in [0.5, 0.6) is 0 Å². The van der Waals surface area contributed by atoms with Crippen molar-refractivity contribution in [3.05, 3.63) is 33.9 Å². The molecule has 1 rings (SSSR count). The first-order chi connectivity index (χ1) is 10.5. The third kappa shape index (κ3) is 3.69. The summed E-state index contributed by atoms with van der Waals surface area (Å²) in [6, 6.07) is 5.01. The van der Waals surface area contributed by atoms with Gasteiger partial charge in [-0.2, -0.15) is 5.26 Å². The number of hydrogen-bond donors (Lipinski definition) is 2. The molecule has 0 heterocycles. The Labute approximate surface area is 126 Å². The number of rotatable bonds is 5. The Bertz CT molecular complexity index is 638. The molecular weight excluding hydrogens is 292 g/mol. The van der Waals surface area contributed by atoms with Crippen LogP contribution in [0.25, 0.3) is 0 Å². The first-order valence-corrected chi connectivity index (χ1v) is 6.25. The molecule has 0 bridgehead atoms. The number of nitrogens with zero attached hydrogens (tertiary/aromatic N) is 2. The number of para-hydroxylation sites is 1. The molecule has 9 nitrogen and oxygen atoms in total. The topological polar surface area (TPSA) is 134 Å². The van der Waals surface area contributed by atoms with Crippen LogP contribution in [0, 0.1) is 21.4 Å². The number of anilines is 1. The lowest BCUT2D eigenvalue weighted by Gasteiger charge is -2.12. The van der Waals surface area contributed by atoms with Gasteiger partial charge < -0.3 is 15.4 Å². The summed E-state index contributed by atoms with van der Waals surface area (Å²) in [5.74, 6) is -2.37. The van der Waals surface area contributed by atoms with Crippen molar-refractivity contribution in [3.63, 3.8) is 0 Å². The van der Waals surface area contributed by atoms with Gasteiger partial charge in [-0.1, -0.05) is 12.1 Å². The second kappa shape index (κ2) is 7.58. The summed E-state index contributed by atoms with van der Waals surface area (Å²) in [7, 11) is 1.08. The fourth-order valence-corrected chi connectivity index (χ4v) is 1.79. The summed E-state index contributed by atoms with van der Waals surface area (Å²) in [6.07, 6.45) is 0. The third-order valence-corrected chi connectivity index (χ3v) is 2.71. The third-order valence-electron chi connectivity index (χ3n) is 2.71. The molecule has 0 aliphatic carbocycles. The number of hydrogen-bond acceptors (Lipinski definition) is 6. The number of methoxy groups -OCH3 is 1. The molecule has 9 heteroatoms. The molecule has 2 amide bonds. The van der Waals surface area contributed by atoms with Crippen molar-refractivity contribution in [1.29, 1.82) is 5.26 Å². The summed E-state index contributed by atoms with van der Waals surface area (Å²) in [5.41, 5.74) is -0.781. The van der Waals surface area contributed by atoms with E-state index in [4.69, 9.17) is 5.26 Å². The monoisotopic (exact) mass is 306 g/mol. The lowest BCUT2D eigenvalue weighted by molar-refractivity contribution is -0.384. The van der Waals surface area contributed by atoms with Crippen LogP contribution in [0.3, 0.4) is 0 Å². The first-order valence-electron chi connectivity index (χ1n) is 6.25. The van der Waals surface area contributed by atoms with Crippen LogP contribution in [0.4, 0.5) is 16.2 Å². The highest BCUT2D eigenvalue weighted by molar-refractivity contribution is 5.93. The lowest BCUT2D eigenvalue weighted by atomic mass is 9.98. The van der Waals surface area contributed by atoms with Crippen LogP contribution in [-0.2, 0) is 9.53 Å². The van der Waals surface area contributed by atoms with Gasteiger partial charge in [0.05, 0.1) is 23.7 Å². The highest BCUT2D eigenvalue weighted by Gasteiger charge is 2.31. The van der Waals surface area contributed by atoms with Crippen LogP contribution < -0.4 is 10.6 Å². The van der Waals surface area contributed by atoms with E-state index in [0.717, 1.165) is 7.11 Å². The van der Waals surface area contributed by atoms with Gasteiger partial charge in [0.15, 0.2) is 5.92 Å². The first kappa shape index (κ1) is 16.9. The molecule has 0 spiro atoms. The number of carbonyl (C=O) groups is 2.